The van der Waals surface area contributed by atoms with Gasteiger partial charge in [0.25, 0.3) is 0 Å². The fourth-order valence-corrected chi connectivity index (χ4v) is 2.22. The van der Waals surface area contributed by atoms with Gasteiger partial charge in [0.2, 0.25) is 0 Å². The summed E-state index contributed by atoms with van der Waals surface area (Å²) in [7, 11) is 0. The van der Waals surface area contributed by atoms with Crippen LogP contribution in [0.5, 0.6) is 0 Å². The van der Waals surface area contributed by atoms with E-state index in [0.717, 1.165) is 17.9 Å². The molecule has 0 radical (unpaired) electrons. The maximum atomic E-state index is 5.95. The molecule has 15 heavy (non-hydrogen) atoms. The summed E-state index contributed by atoms with van der Waals surface area (Å²) in [6.07, 6.45) is 2.18. The highest BCUT2D eigenvalue weighted by Crippen LogP contribution is 2.23. The van der Waals surface area contributed by atoms with Crippen molar-refractivity contribution in [1.29, 1.82) is 0 Å². The number of hydrogen-bond acceptors (Lipinski definition) is 2. The molecule has 0 spiro atoms. The van der Waals surface area contributed by atoms with Crippen LogP contribution in [0.25, 0.3) is 0 Å². The molecule has 0 amide bonds. The lowest BCUT2D eigenvalue weighted by Crippen LogP contribution is -2.49. The Morgan fingerprint density at radius 2 is 2.20 bits per heavy atom. The van der Waals surface area contributed by atoms with Gasteiger partial charge in [-0.2, -0.15) is 0 Å². The summed E-state index contributed by atoms with van der Waals surface area (Å²) in [5.74, 6) is 0. The molecule has 1 atom stereocenters. The van der Waals surface area contributed by atoms with Crippen LogP contribution in [-0.2, 0) is 0 Å². The molecule has 2 nitrogen and oxygen atoms in total. The lowest BCUT2D eigenvalue weighted by atomic mass is 9.87. The van der Waals surface area contributed by atoms with E-state index in [1.807, 2.05) is 18.2 Å². The van der Waals surface area contributed by atoms with Crippen LogP contribution in [-0.4, -0.2) is 12.1 Å². The lowest BCUT2D eigenvalue weighted by Gasteiger charge is -2.35. The first-order valence-corrected chi connectivity index (χ1v) is 5.80. The van der Waals surface area contributed by atoms with Crippen LogP contribution >= 0.6 is 11.6 Å². The average Bonchev–Trinajstić information content (AvgIpc) is 2.15. The first-order valence-electron chi connectivity index (χ1n) is 5.42. The average molecular weight is 225 g/mol. The standard InChI is InChI=1S/C12H17ClN2/c1-8(15-12-6-11(14)7-12)9-3-2-4-10(13)5-9/h2-5,8,11-12,15H,6-7,14H2,1H3/t8-,11?,12?/m0/s1. The van der Waals surface area contributed by atoms with Gasteiger partial charge in [-0.25, -0.2) is 0 Å². The highest BCUT2D eigenvalue weighted by Gasteiger charge is 2.26. The summed E-state index contributed by atoms with van der Waals surface area (Å²) >= 11 is 5.95. The monoisotopic (exact) mass is 224 g/mol. The number of nitrogens with two attached hydrogens (primary N) is 1. The molecule has 3 N–H and O–H groups in total. The fourth-order valence-electron chi connectivity index (χ4n) is 2.02. The van der Waals surface area contributed by atoms with E-state index >= 15 is 0 Å². The fraction of sp³-hybridized carbons (Fsp3) is 0.500. The van der Waals surface area contributed by atoms with Crippen molar-refractivity contribution in [3.63, 3.8) is 0 Å². The van der Waals surface area contributed by atoms with Crippen LogP contribution in [0.4, 0.5) is 0 Å². The summed E-state index contributed by atoms with van der Waals surface area (Å²) in [5.41, 5.74) is 6.99. The summed E-state index contributed by atoms with van der Waals surface area (Å²) in [6, 6.07) is 9.32. The van der Waals surface area contributed by atoms with E-state index in [1.165, 1.54) is 5.56 Å². The Morgan fingerprint density at radius 1 is 1.47 bits per heavy atom. The largest absolute Gasteiger partial charge is 0.328 e. The second-order valence-corrected chi connectivity index (χ2v) is 4.81. The Bertz CT molecular complexity index is 334. The van der Waals surface area contributed by atoms with Crippen molar-refractivity contribution in [1.82, 2.24) is 5.32 Å². The van der Waals surface area contributed by atoms with Gasteiger partial charge in [-0.05, 0) is 37.5 Å². The maximum Gasteiger partial charge on any atom is 0.0409 e. The van der Waals surface area contributed by atoms with E-state index in [0.29, 0.717) is 18.1 Å². The molecule has 3 heteroatoms. The van der Waals surface area contributed by atoms with E-state index < -0.39 is 0 Å². The zero-order chi connectivity index (χ0) is 10.8. The van der Waals surface area contributed by atoms with Gasteiger partial charge < -0.3 is 11.1 Å². The van der Waals surface area contributed by atoms with Crippen molar-refractivity contribution in [2.75, 3.05) is 0 Å². The molecule has 1 fully saturated rings. The third-order valence-electron chi connectivity index (χ3n) is 3.01. The van der Waals surface area contributed by atoms with Gasteiger partial charge in [-0.15, -0.1) is 0 Å². The molecule has 0 heterocycles. The van der Waals surface area contributed by atoms with E-state index in [1.54, 1.807) is 0 Å². The van der Waals surface area contributed by atoms with E-state index in [2.05, 4.69) is 18.3 Å². The zero-order valence-electron chi connectivity index (χ0n) is 8.91. The van der Waals surface area contributed by atoms with Crippen molar-refractivity contribution in [2.24, 2.45) is 5.73 Å². The highest BCUT2D eigenvalue weighted by atomic mass is 35.5. The second kappa shape index (κ2) is 4.52. The van der Waals surface area contributed by atoms with Gasteiger partial charge in [0.05, 0.1) is 0 Å². The van der Waals surface area contributed by atoms with Crippen molar-refractivity contribution in [2.45, 2.75) is 37.9 Å². The molecule has 1 saturated carbocycles. The number of nitrogens with one attached hydrogen (secondary N) is 1. The van der Waals surface area contributed by atoms with Crippen LogP contribution in [0.3, 0.4) is 0 Å². The van der Waals surface area contributed by atoms with E-state index in [9.17, 15) is 0 Å². The molecule has 0 saturated heterocycles. The minimum absolute atomic E-state index is 0.348. The van der Waals surface area contributed by atoms with E-state index in [-0.39, 0.29) is 0 Å². The molecule has 0 unspecified atom stereocenters. The molecule has 1 aliphatic rings. The summed E-state index contributed by atoms with van der Waals surface area (Å²) < 4.78 is 0. The molecular formula is C12H17ClN2. The molecule has 0 aliphatic heterocycles. The number of rotatable bonds is 3. The van der Waals surface area contributed by atoms with Crippen molar-refractivity contribution in [3.8, 4) is 0 Å². The number of benzene rings is 1. The second-order valence-electron chi connectivity index (χ2n) is 4.37. The Labute approximate surface area is 95.8 Å². The molecule has 1 aromatic rings. The van der Waals surface area contributed by atoms with Gasteiger partial charge in [0, 0.05) is 23.1 Å². The van der Waals surface area contributed by atoms with E-state index in [4.69, 9.17) is 17.3 Å². The lowest BCUT2D eigenvalue weighted by molar-refractivity contribution is 0.272. The molecule has 0 bridgehead atoms. The molecule has 0 aromatic heterocycles. The smallest absolute Gasteiger partial charge is 0.0409 e. The van der Waals surface area contributed by atoms with Gasteiger partial charge in [-0.1, -0.05) is 23.7 Å². The van der Waals surface area contributed by atoms with Crippen molar-refractivity contribution >= 4 is 11.6 Å². The predicted octanol–water partition coefficient (Wildman–Crippen LogP) is 2.48. The summed E-state index contributed by atoms with van der Waals surface area (Å²) in [4.78, 5) is 0. The Morgan fingerprint density at radius 3 is 2.80 bits per heavy atom. The van der Waals surface area contributed by atoms with Crippen molar-refractivity contribution in [3.05, 3.63) is 34.9 Å². The predicted molar refractivity (Wildman–Crippen MR) is 64.0 cm³/mol. The third kappa shape index (κ3) is 2.71. The maximum absolute atomic E-state index is 5.95. The van der Waals surface area contributed by atoms with Gasteiger partial charge in [-0.3, -0.25) is 0 Å². The first kappa shape index (κ1) is 10.9. The summed E-state index contributed by atoms with van der Waals surface area (Å²) in [5, 5.41) is 4.35. The third-order valence-corrected chi connectivity index (χ3v) is 3.24. The molecule has 1 aliphatic carbocycles. The quantitative estimate of drug-likeness (QED) is 0.828. The topological polar surface area (TPSA) is 38.0 Å². The normalized spacial score (nSPS) is 27.1. The molecule has 2 rings (SSSR count). The van der Waals surface area contributed by atoms with Crippen LogP contribution in [0.2, 0.25) is 5.02 Å². The molecular weight excluding hydrogens is 208 g/mol. The SMILES string of the molecule is C[C@H](NC1CC(N)C1)c1cccc(Cl)c1. The van der Waals surface area contributed by atoms with Gasteiger partial charge >= 0.3 is 0 Å². The number of hydrogen-bond donors (Lipinski definition) is 2. The highest BCUT2D eigenvalue weighted by molar-refractivity contribution is 6.30. The van der Waals surface area contributed by atoms with Crippen molar-refractivity contribution < 1.29 is 0 Å². The molecule has 1 aromatic carbocycles. The summed E-state index contributed by atoms with van der Waals surface area (Å²) in [6.45, 7) is 2.16. The van der Waals surface area contributed by atoms with Gasteiger partial charge in [0.1, 0.15) is 0 Å². The first-order chi connectivity index (χ1) is 7.15. The van der Waals surface area contributed by atoms with Crippen LogP contribution in [0, 0.1) is 0 Å². The minimum atomic E-state index is 0.348. The van der Waals surface area contributed by atoms with Gasteiger partial charge in [0.15, 0.2) is 0 Å². The molecule has 82 valence electrons. The number of halogens is 1. The minimum Gasteiger partial charge on any atom is -0.328 e. The van der Waals surface area contributed by atoms with Crippen LogP contribution in [0.1, 0.15) is 31.4 Å². The zero-order valence-corrected chi connectivity index (χ0v) is 9.67. The van der Waals surface area contributed by atoms with Crippen LogP contribution in [0.15, 0.2) is 24.3 Å². The Hall–Kier alpha value is -0.570. The Balaban J connectivity index is 1.93. The van der Waals surface area contributed by atoms with Crippen LogP contribution < -0.4 is 11.1 Å². The Kier molecular flexibility index (Phi) is 3.29.